The molecule has 0 saturated heterocycles. The van der Waals surface area contributed by atoms with Crippen molar-refractivity contribution >= 4 is 17.7 Å². The van der Waals surface area contributed by atoms with Gasteiger partial charge in [0.1, 0.15) is 5.75 Å². The Hall–Kier alpha value is -2.50. The van der Waals surface area contributed by atoms with E-state index in [0.29, 0.717) is 11.4 Å². The van der Waals surface area contributed by atoms with Crippen LogP contribution < -0.4 is 15.4 Å². The summed E-state index contributed by atoms with van der Waals surface area (Å²) in [7, 11) is 0. The summed E-state index contributed by atoms with van der Waals surface area (Å²) in [6, 6.07) is 5.96. The Morgan fingerprint density at radius 2 is 2.26 bits per heavy atom. The van der Waals surface area contributed by atoms with Gasteiger partial charge in [-0.1, -0.05) is 12.1 Å². The van der Waals surface area contributed by atoms with Crippen molar-refractivity contribution in [1.82, 2.24) is 5.32 Å². The molecule has 0 aliphatic rings. The molecule has 19 heavy (non-hydrogen) atoms. The maximum atomic E-state index is 11.6. The van der Waals surface area contributed by atoms with E-state index >= 15 is 0 Å². The van der Waals surface area contributed by atoms with Gasteiger partial charge in [-0.25, -0.2) is 9.59 Å². The Kier molecular flexibility index (Phi) is 5.40. The van der Waals surface area contributed by atoms with Gasteiger partial charge in [0, 0.05) is 17.8 Å². The van der Waals surface area contributed by atoms with E-state index in [1.165, 1.54) is 0 Å². The SMILES string of the molecule is C=CC(C)NC(=O)Nc1cccc(OCC(=O)O)c1. The van der Waals surface area contributed by atoms with Crippen molar-refractivity contribution in [3.63, 3.8) is 0 Å². The number of carboxylic acid groups (broad SMARTS) is 1. The summed E-state index contributed by atoms with van der Waals surface area (Å²) < 4.78 is 5.00. The summed E-state index contributed by atoms with van der Waals surface area (Å²) in [6.07, 6.45) is 1.60. The number of carboxylic acids is 1. The zero-order chi connectivity index (χ0) is 14.3. The number of hydrogen-bond acceptors (Lipinski definition) is 3. The standard InChI is InChI=1S/C13H16N2O4/c1-3-9(2)14-13(18)15-10-5-4-6-11(7-10)19-8-12(16)17/h3-7,9H,1,8H2,2H3,(H,16,17)(H2,14,15,18). The molecule has 0 radical (unpaired) electrons. The van der Waals surface area contributed by atoms with Crippen LogP contribution >= 0.6 is 0 Å². The number of nitrogens with one attached hydrogen (secondary N) is 2. The third-order valence-corrected chi connectivity index (χ3v) is 2.17. The van der Waals surface area contributed by atoms with Crippen molar-refractivity contribution in [3.8, 4) is 5.75 Å². The molecule has 0 aliphatic heterocycles. The molecule has 1 atom stereocenters. The van der Waals surface area contributed by atoms with Gasteiger partial charge < -0.3 is 20.5 Å². The third-order valence-electron chi connectivity index (χ3n) is 2.17. The van der Waals surface area contributed by atoms with Gasteiger partial charge in [-0.05, 0) is 19.1 Å². The van der Waals surface area contributed by atoms with Gasteiger partial charge in [0.05, 0.1) is 0 Å². The topological polar surface area (TPSA) is 87.7 Å². The highest BCUT2D eigenvalue weighted by Gasteiger charge is 2.05. The van der Waals surface area contributed by atoms with E-state index in [1.54, 1.807) is 37.3 Å². The van der Waals surface area contributed by atoms with Crippen LogP contribution in [0.15, 0.2) is 36.9 Å². The molecular formula is C13H16N2O4. The predicted octanol–water partition coefficient (Wildman–Crippen LogP) is 1.85. The molecule has 0 aromatic heterocycles. The summed E-state index contributed by atoms with van der Waals surface area (Å²) in [5.41, 5.74) is 0.511. The highest BCUT2D eigenvalue weighted by Crippen LogP contribution is 2.17. The molecule has 0 saturated carbocycles. The Balaban J connectivity index is 2.58. The highest BCUT2D eigenvalue weighted by molar-refractivity contribution is 5.89. The number of anilines is 1. The molecule has 0 fully saturated rings. The largest absolute Gasteiger partial charge is 0.482 e. The van der Waals surface area contributed by atoms with Gasteiger partial charge in [0.25, 0.3) is 0 Å². The monoisotopic (exact) mass is 264 g/mol. The summed E-state index contributed by atoms with van der Waals surface area (Å²) in [5, 5.41) is 13.8. The minimum Gasteiger partial charge on any atom is -0.482 e. The van der Waals surface area contributed by atoms with Crippen molar-refractivity contribution in [3.05, 3.63) is 36.9 Å². The second-order valence-electron chi connectivity index (χ2n) is 3.83. The zero-order valence-electron chi connectivity index (χ0n) is 10.6. The lowest BCUT2D eigenvalue weighted by Crippen LogP contribution is -2.34. The number of aliphatic carboxylic acids is 1. The molecule has 1 aromatic carbocycles. The van der Waals surface area contributed by atoms with Gasteiger partial charge in [0.15, 0.2) is 6.61 Å². The highest BCUT2D eigenvalue weighted by atomic mass is 16.5. The lowest BCUT2D eigenvalue weighted by molar-refractivity contribution is -0.139. The molecule has 102 valence electrons. The maximum Gasteiger partial charge on any atom is 0.341 e. The first-order valence-electron chi connectivity index (χ1n) is 5.66. The summed E-state index contributed by atoms with van der Waals surface area (Å²) >= 11 is 0. The maximum absolute atomic E-state index is 11.6. The van der Waals surface area contributed by atoms with Gasteiger partial charge >= 0.3 is 12.0 Å². The number of benzene rings is 1. The average molecular weight is 264 g/mol. The van der Waals surface area contributed by atoms with Gasteiger partial charge in [-0.3, -0.25) is 0 Å². The van der Waals surface area contributed by atoms with E-state index in [2.05, 4.69) is 17.2 Å². The number of carbonyl (C=O) groups excluding carboxylic acids is 1. The number of amides is 2. The van der Waals surface area contributed by atoms with Crippen LogP contribution in [0.5, 0.6) is 5.75 Å². The number of urea groups is 1. The normalized spacial score (nSPS) is 11.2. The Morgan fingerprint density at radius 1 is 1.53 bits per heavy atom. The van der Waals surface area contributed by atoms with E-state index in [1.807, 2.05) is 0 Å². The van der Waals surface area contributed by atoms with Crippen LogP contribution in [0.3, 0.4) is 0 Å². The minimum absolute atomic E-state index is 0.147. The Bertz CT molecular complexity index is 473. The Labute approximate surface area is 111 Å². The van der Waals surface area contributed by atoms with Gasteiger partial charge in [-0.15, -0.1) is 6.58 Å². The molecule has 1 unspecified atom stereocenters. The van der Waals surface area contributed by atoms with Crippen LogP contribution in [0.25, 0.3) is 0 Å². The molecule has 1 aromatic rings. The lowest BCUT2D eigenvalue weighted by atomic mass is 10.3. The quantitative estimate of drug-likeness (QED) is 0.684. The number of rotatable bonds is 6. The van der Waals surface area contributed by atoms with Gasteiger partial charge in [-0.2, -0.15) is 0 Å². The van der Waals surface area contributed by atoms with E-state index in [0.717, 1.165) is 0 Å². The van der Waals surface area contributed by atoms with Crippen molar-refractivity contribution in [2.24, 2.45) is 0 Å². The van der Waals surface area contributed by atoms with Crippen molar-refractivity contribution in [1.29, 1.82) is 0 Å². The molecule has 0 heterocycles. The van der Waals surface area contributed by atoms with E-state index < -0.39 is 12.6 Å². The van der Waals surface area contributed by atoms with E-state index in [-0.39, 0.29) is 12.1 Å². The van der Waals surface area contributed by atoms with E-state index in [4.69, 9.17) is 9.84 Å². The predicted molar refractivity (Wildman–Crippen MR) is 71.4 cm³/mol. The molecule has 0 bridgehead atoms. The second kappa shape index (κ2) is 7.05. The average Bonchev–Trinajstić information content (AvgIpc) is 2.36. The molecule has 0 aliphatic carbocycles. The number of hydrogen-bond donors (Lipinski definition) is 3. The molecule has 1 rings (SSSR count). The molecule has 6 heteroatoms. The van der Waals surface area contributed by atoms with Crippen molar-refractivity contribution in [2.75, 3.05) is 11.9 Å². The smallest absolute Gasteiger partial charge is 0.341 e. The fourth-order valence-corrected chi connectivity index (χ4v) is 1.24. The van der Waals surface area contributed by atoms with Crippen LogP contribution in [-0.4, -0.2) is 29.8 Å². The molecule has 0 spiro atoms. The first-order valence-corrected chi connectivity index (χ1v) is 5.66. The van der Waals surface area contributed by atoms with Crippen LogP contribution in [0.2, 0.25) is 0 Å². The molecule has 6 nitrogen and oxygen atoms in total. The van der Waals surface area contributed by atoms with Crippen LogP contribution in [-0.2, 0) is 4.79 Å². The fraction of sp³-hybridized carbons (Fsp3) is 0.231. The summed E-state index contributed by atoms with van der Waals surface area (Å²) in [5.74, 6) is -0.687. The van der Waals surface area contributed by atoms with Crippen molar-refractivity contribution in [2.45, 2.75) is 13.0 Å². The molecule has 3 N–H and O–H groups in total. The van der Waals surface area contributed by atoms with E-state index in [9.17, 15) is 9.59 Å². The minimum atomic E-state index is -1.06. The van der Waals surface area contributed by atoms with Crippen LogP contribution in [0, 0.1) is 0 Å². The fourth-order valence-electron chi connectivity index (χ4n) is 1.24. The third kappa shape index (κ3) is 5.58. The first kappa shape index (κ1) is 14.6. The molecule has 2 amide bonds. The van der Waals surface area contributed by atoms with Crippen molar-refractivity contribution < 1.29 is 19.4 Å². The van der Waals surface area contributed by atoms with Crippen LogP contribution in [0.1, 0.15) is 6.92 Å². The second-order valence-corrected chi connectivity index (χ2v) is 3.83. The Morgan fingerprint density at radius 3 is 2.89 bits per heavy atom. The van der Waals surface area contributed by atoms with Gasteiger partial charge in [0.2, 0.25) is 0 Å². The summed E-state index contributed by atoms with van der Waals surface area (Å²) in [4.78, 5) is 21.9. The first-order chi connectivity index (χ1) is 9.01. The lowest BCUT2D eigenvalue weighted by Gasteiger charge is -2.11. The molecular weight excluding hydrogens is 248 g/mol. The number of ether oxygens (including phenoxy) is 1. The number of carbonyl (C=O) groups is 2. The van der Waals surface area contributed by atoms with Crippen LogP contribution in [0.4, 0.5) is 10.5 Å². The summed E-state index contributed by atoms with van der Waals surface area (Å²) in [6.45, 7) is 4.92. The zero-order valence-corrected chi connectivity index (χ0v) is 10.6.